The van der Waals surface area contributed by atoms with Gasteiger partial charge in [0, 0.05) is 0 Å². The minimum absolute atomic E-state index is 0.0356. The van der Waals surface area contributed by atoms with Gasteiger partial charge >= 0.3 is 0 Å². The van der Waals surface area contributed by atoms with Crippen molar-refractivity contribution < 1.29 is 18.4 Å². The Hall–Kier alpha value is -2.95. The van der Waals surface area contributed by atoms with E-state index in [9.17, 15) is 4.79 Å². The molecule has 3 aromatic rings. The lowest BCUT2D eigenvalue weighted by Crippen LogP contribution is -2.34. The maximum Gasteiger partial charge on any atom is 0.261 e. The van der Waals surface area contributed by atoms with Gasteiger partial charge < -0.3 is 18.5 Å². The lowest BCUT2D eigenvalue weighted by atomic mass is 10.1. The lowest BCUT2D eigenvalue weighted by molar-refractivity contribution is -0.135. The van der Waals surface area contributed by atoms with Crippen LogP contribution in [-0.2, 0) is 17.9 Å². The van der Waals surface area contributed by atoms with Crippen LogP contribution in [0.1, 0.15) is 28.2 Å². The van der Waals surface area contributed by atoms with Gasteiger partial charge in [-0.3, -0.25) is 4.79 Å². The molecule has 0 aliphatic heterocycles. The second-order valence-corrected chi connectivity index (χ2v) is 6.43. The molecule has 0 fully saturated rings. The predicted molar refractivity (Wildman–Crippen MR) is 97.8 cm³/mol. The summed E-state index contributed by atoms with van der Waals surface area (Å²) < 4.78 is 16.6. The quantitative estimate of drug-likeness (QED) is 0.631. The van der Waals surface area contributed by atoms with Crippen LogP contribution in [-0.4, -0.2) is 17.4 Å². The fourth-order valence-electron chi connectivity index (χ4n) is 3.03. The van der Waals surface area contributed by atoms with Gasteiger partial charge in [0.1, 0.15) is 17.3 Å². The number of hydrogen-bond donors (Lipinski definition) is 0. The van der Waals surface area contributed by atoms with Crippen LogP contribution >= 0.6 is 0 Å². The first-order chi connectivity index (χ1) is 12.5. The van der Waals surface area contributed by atoms with Crippen LogP contribution in [0.15, 0.2) is 57.8 Å². The van der Waals surface area contributed by atoms with Gasteiger partial charge in [-0.05, 0) is 56.2 Å². The zero-order valence-electron chi connectivity index (χ0n) is 15.3. The number of carbonyl (C=O) groups excluding carboxylic acids is 1. The summed E-state index contributed by atoms with van der Waals surface area (Å²) in [5.41, 5.74) is 3.23. The normalized spacial score (nSPS) is 10.7. The number of hydrogen-bond acceptors (Lipinski definition) is 4. The van der Waals surface area contributed by atoms with Crippen molar-refractivity contribution in [2.24, 2.45) is 0 Å². The molecule has 2 aromatic heterocycles. The monoisotopic (exact) mass is 353 g/mol. The number of benzene rings is 1. The van der Waals surface area contributed by atoms with Crippen molar-refractivity contribution in [3.8, 4) is 5.75 Å². The Morgan fingerprint density at radius 1 is 0.962 bits per heavy atom. The molecule has 136 valence electrons. The zero-order valence-corrected chi connectivity index (χ0v) is 15.3. The predicted octanol–water partition coefficient (Wildman–Crippen LogP) is 4.41. The first kappa shape index (κ1) is 17.9. The number of aryl methyl sites for hydroxylation is 3. The second kappa shape index (κ2) is 7.95. The maximum atomic E-state index is 12.8. The molecule has 0 unspecified atom stereocenters. The van der Waals surface area contributed by atoms with Gasteiger partial charge in [-0.1, -0.05) is 17.7 Å². The smallest absolute Gasteiger partial charge is 0.261 e. The number of rotatable bonds is 7. The lowest BCUT2D eigenvalue weighted by Gasteiger charge is -2.21. The van der Waals surface area contributed by atoms with E-state index in [0.29, 0.717) is 24.6 Å². The van der Waals surface area contributed by atoms with Gasteiger partial charge in [0.25, 0.3) is 5.91 Å². The summed E-state index contributed by atoms with van der Waals surface area (Å²) in [5.74, 6) is 2.07. The van der Waals surface area contributed by atoms with E-state index in [4.69, 9.17) is 13.6 Å². The highest BCUT2D eigenvalue weighted by Gasteiger charge is 2.18. The van der Waals surface area contributed by atoms with E-state index >= 15 is 0 Å². The van der Waals surface area contributed by atoms with Crippen LogP contribution in [0.25, 0.3) is 0 Å². The zero-order chi connectivity index (χ0) is 18.5. The first-order valence-corrected chi connectivity index (χ1v) is 8.56. The topological polar surface area (TPSA) is 55.8 Å². The minimum Gasteiger partial charge on any atom is -0.483 e. The molecule has 0 N–H and O–H groups in total. The molecule has 1 aromatic carbocycles. The SMILES string of the molecule is Cc1cc(C)c(OCC(=O)N(Cc2ccco2)Cc2ccco2)c(C)c1. The Morgan fingerprint density at radius 2 is 1.50 bits per heavy atom. The molecular weight excluding hydrogens is 330 g/mol. The number of furan rings is 2. The van der Waals surface area contributed by atoms with Crippen LogP contribution in [0.5, 0.6) is 5.75 Å². The molecule has 5 nitrogen and oxygen atoms in total. The van der Waals surface area contributed by atoms with Crippen LogP contribution in [0, 0.1) is 20.8 Å². The average Bonchev–Trinajstić information content (AvgIpc) is 3.26. The molecule has 1 amide bonds. The summed E-state index contributed by atoms with van der Waals surface area (Å²) >= 11 is 0. The molecule has 0 spiro atoms. The summed E-state index contributed by atoms with van der Waals surface area (Å²) in [4.78, 5) is 14.4. The molecule has 0 saturated heterocycles. The van der Waals surface area contributed by atoms with Crippen molar-refractivity contribution in [1.29, 1.82) is 0 Å². The van der Waals surface area contributed by atoms with E-state index in [1.54, 1.807) is 29.6 Å². The third-order valence-electron chi connectivity index (χ3n) is 4.15. The van der Waals surface area contributed by atoms with Gasteiger partial charge in [-0.2, -0.15) is 0 Å². The Balaban J connectivity index is 1.70. The van der Waals surface area contributed by atoms with Crippen molar-refractivity contribution in [1.82, 2.24) is 4.90 Å². The van der Waals surface area contributed by atoms with Crippen LogP contribution in [0.4, 0.5) is 0 Å². The van der Waals surface area contributed by atoms with E-state index in [1.807, 2.05) is 32.9 Å². The van der Waals surface area contributed by atoms with E-state index in [-0.39, 0.29) is 12.5 Å². The number of ether oxygens (including phenoxy) is 1. The van der Waals surface area contributed by atoms with Crippen molar-refractivity contribution in [2.75, 3.05) is 6.61 Å². The van der Waals surface area contributed by atoms with Crippen LogP contribution in [0.3, 0.4) is 0 Å². The molecular formula is C21H23NO4. The van der Waals surface area contributed by atoms with Gasteiger partial charge in [-0.25, -0.2) is 0 Å². The van der Waals surface area contributed by atoms with Gasteiger partial charge in [0.05, 0.1) is 25.6 Å². The van der Waals surface area contributed by atoms with Gasteiger partial charge in [0.15, 0.2) is 6.61 Å². The van der Waals surface area contributed by atoms with Crippen molar-refractivity contribution in [2.45, 2.75) is 33.9 Å². The van der Waals surface area contributed by atoms with Crippen molar-refractivity contribution >= 4 is 5.91 Å². The molecule has 0 aliphatic carbocycles. The Labute approximate surface area is 153 Å². The largest absolute Gasteiger partial charge is 0.483 e. The highest BCUT2D eigenvalue weighted by molar-refractivity contribution is 5.77. The Bertz CT molecular complexity index is 791. The standard InChI is InChI=1S/C21H23NO4/c1-15-10-16(2)21(17(3)11-15)26-14-20(23)22(12-18-6-4-8-24-18)13-19-7-5-9-25-19/h4-11H,12-14H2,1-3H3. The number of carbonyl (C=O) groups is 1. The minimum atomic E-state index is -0.128. The molecule has 0 atom stereocenters. The Kier molecular flexibility index (Phi) is 5.46. The van der Waals surface area contributed by atoms with Crippen LogP contribution < -0.4 is 4.74 Å². The number of amides is 1. The second-order valence-electron chi connectivity index (χ2n) is 6.43. The summed E-state index contributed by atoms with van der Waals surface area (Å²) in [6.45, 7) is 6.71. The van der Waals surface area contributed by atoms with Crippen LogP contribution in [0.2, 0.25) is 0 Å². The summed E-state index contributed by atoms with van der Waals surface area (Å²) in [6.07, 6.45) is 3.20. The molecule has 3 rings (SSSR count). The van der Waals surface area contributed by atoms with E-state index in [1.165, 1.54) is 5.56 Å². The number of nitrogens with zero attached hydrogens (tertiary/aromatic N) is 1. The molecule has 0 radical (unpaired) electrons. The fraction of sp³-hybridized carbons (Fsp3) is 0.286. The molecule has 0 saturated carbocycles. The highest BCUT2D eigenvalue weighted by atomic mass is 16.5. The van der Waals surface area contributed by atoms with E-state index < -0.39 is 0 Å². The highest BCUT2D eigenvalue weighted by Crippen LogP contribution is 2.24. The molecule has 2 heterocycles. The van der Waals surface area contributed by atoms with Crippen molar-refractivity contribution in [3.05, 3.63) is 77.1 Å². The Morgan fingerprint density at radius 3 is 1.96 bits per heavy atom. The van der Waals surface area contributed by atoms with Gasteiger partial charge in [-0.15, -0.1) is 0 Å². The summed E-state index contributed by atoms with van der Waals surface area (Å²) in [5, 5.41) is 0. The average molecular weight is 353 g/mol. The first-order valence-electron chi connectivity index (χ1n) is 8.56. The maximum absolute atomic E-state index is 12.8. The van der Waals surface area contributed by atoms with Crippen molar-refractivity contribution in [3.63, 3.8) is 0 Å². The third-order valence-corrected chi connectivity index (χ3v) is 4.15. The van der Waals surface area contributed by atoms with E-state index in [0.717, 1.165) is 16.9 Å². The summed E-state index contributed by atoms with van der Waals surface area (Å²) in [7, 11) is 0. The molecule has 26 heavy (non-hydrogen) atoms. The third kappa shape index (κ3) is 4.36. The molecule has 5 heteroatoms. The van der Waals surface area contributed by atoms with E-state index in [2.05, 4.69) is 12.1 Å². The van der Waals surface area contributed by atoms with Gasteiger partial charge in [0.2, 0.25) is 0 Å². The summed E-state index contributed by atoms with van der Waals surface area (Å²) in [6, 6.07) is 11.4. The fourth-order valence-corrected chi connectivity index (χ4v) is 3.03. The molecule has 0 bridgehead atoms. The molecule has 0 aliphatic rings.